The Morgan fingerprint density at radius 2 is 2.10 bits per heavy atom. The summed E-state index contributed by atoms with van der Waals surface area (Å²) in [5.74, 6) is 0.281. The van der Waals surface area contributed by atoms with Crippen LogP contribution in [-0.4, -0.2) is 45.1 Å². The second-order valence-electron chi connectivity index (χ2n) is 4.59. The van der Waals surface area contributed by atoms with Crippen molar-refractivity contribution in [1.82, 2.24) is 19.7 Å². The molecule has 0 amide bonds. The SMILES string of the molecule is CN(CCO)c1ncnc2c1cnn2-c1ccccc1F. The smallest absolute Gasteiger partial charge is 0.168 e. The highest BCUT2D eigenvalue weighted by atomic mass is 19.1. The van der Waals surface area contributed by atoms with E-state index in [1.54, 1.807) is 29.3 Å². The summed E-state index contributed by atoms with van der Waals surface area (Å²) in [6, 6.07) is 6.38. The van der Waals surface area contributed by atoms with Crippen molar-refractivity contribution >= 4 is 16.9 Å². The molecule has 6 nitrogen and oxygen atoms in total. The fourth-order valence-electron chi connectivity index (χ4n) is 2.19. The molecular weight excluding hydrogens is 273 g/mol. The second-order valence-corrected chi connectivity index (χ2v) is 4.59. The highest BCUT2D eigenvalue weighted by Crippen LogP contribution is 2.24. The lowest BCUT2D eigenvalue weighted by molar-refractivity contribution is 0.304. The third-order valence-corrected chi connectivity index (χ3v) is 3.22. The predicted molar refractivity (Wildman–Crippen MR) is 77.0 cm³/mol. The number of rotatable bonds is 4. The maximum absolute atomic E-state index is 13.9. The average molecular weight is 287 g/mol. The van der Waals surface area contributed by atoms with Crippen LogP contribution >= 0.6 is 0 Å². The number of nitrogens with zero attached hydrogens (tertiary/aromatic N) is 5. The van der Waals surface area contributed by atoms with Gasteiger partial charge in [0, 0.05) is 13.6 Å². The summed E-state index contributed by atoms with van der Waals surface area (Å²) < 4.78 is 15.4. The Morgan fingerprint density at radius 1 is 1.29 bits per heavy atom. The van der Waals surface area contributed by atoms with Crippen LogP contribution in [0.2, 0.25) is 0 Å². The minimum Gasteiger partial charge on any atom is -0.395 e. The highest BCUT2D eigenvalue weighted by Gasteiger charge is 2.15. The minimum absolute atomic E-state index is 0.0173. The third kappa shape index (κ3) is 2.31. The van der Waals surface area contributed by atoms with Crippen molar-refractivity contribution in [3.8, 4) is 5.69 Å². The summed E-state index contributed by atoms with van der Waals surface area (Å²) in [7, 11) is 1.82. The van der Waals surface area contributed by atoms with Gasteiger partial charge < -0.3 is 10.0 Å². The van der Waals surface area contributed by atoms with Crippen LogP contribution in [0.15, 0.2) is 36.8 Å². The van der Waals surface area contributed by atoms with Gasteiger partial charge in [0.2, 0.25) is 0 Å². The quantitative estimate of drug-likeness (QED) is 0.785. The van der Waals surface area contributed by atoms with Gasteiger partial charge in [0.15, 0.2) is 5.65 Å². The van der Waals surface area contributed by atoms with Crippen molar-refractivity contribution in [2.75, 3.05) is 25.1 Å². The van der Waals surface area contributed by atoms with Crippen LogP contribution in [0.1, 0.15) is 0 Å². The number of fused-ring (bicyclic) bond motifs is 1. The number of benzene rings is 1. The van der Waals surface area contributed by atoms with E-state index >= 15 is 0 Å². The van der Waals surface area contributed by atoms with E-state index in [1.165, 1.54) is 17.1 Å². The first-order valence-corrected chi connectivity index (χ1v) is 6.48. The van der Waals surface area contributed by atoms with Crippen molar-refractivity contribution in [3.05, 3.63) is 42.6 Å². The minimum atomic E-state index is -0.369. The molecule has 1 N–H and O–H groups in total. The first kappa shape index (κ1) is 13.4. The van der Waals surface area contributed by atoms with Crippen molar-refractivity contribution < 1.29 is 9.50 Å². The van der Waals surface area contributed by atoms with Crippen LogP contribution in [0.3, 0.4) is 0 Å². The summed E-state index contributed by atoms with van der Waals surface area (Å²) in [4.78, 5) is 10.2. The molecule has 3 aromatic rings. The van der Waals surface area contributed by atoms with E-state index < -0.39 is 0 Å². The number of hydrogen-bond acceptors (Lipinski definition) is 5. The molecule has 0 aliphatic carbocycles. The third-order valence-electron chi connectivity index (χ3n) is 3.22. The van der Waals surface area contributed by atoms with Gasteiger partial charge in [-0.15, -0.1) is 0 Å². The van der Waals surface area contributed by atoms with E-state index in [2.05, 4.69) is 15.1 Å². The number of aromatic nitrogens is 4. The Kier molecular flexibility index (Phi) is 3.49. The normalized spacial score (nSPS) is 11.0. The second kappa shape index (κ2) is 5.45. The summed E-state index contributed by atoms with van der Waals surface area (Å²) in [5, 5.41) is 14.0. The van der Waals surface area contributed by atoms with Gasteiger partial charge in [-0.3, -0.25) is 0 Å². The molecule has 0 saturated heterocycles. The number of aliphatic hydroxyl groups excluding tert-OH is 1. The Labute approximate surface area is 120 Å². The molecule has 7 heteroatoms. The van der Waals surface area contributed by atoms with E-state index in [4.69, 9.17) is 5.11 Å². The maximum Gasteiger partial charge on any atom is 0.168 e. The van der Waals surface area contributed by atoms with Crippen LogP contribution in [-0.2, 0) is 0 Å². The van der Waals surface area contributed by atoms with E-state index in [0.29, 0.717) is 29.1 Å². The molecule has 1 aromatic carbocycles. The first-order chi connectivity index (χ1) is 10.2. The zero-order chi connectivity index (χ0) is 14.8. The number of halogens is 1. The molecule has 2 aromatic heterocycles. The molecule has 0 spiro atoms. The zero-order valence-electron chi connectivity index (χ0n) is 11.4. The lowest BCUT2D eigenvalue weighted by atomic mass is 10.3. The largest absolute Gasteiger partial charge is 0.395 e. The first-order valence-electron chi connectivity index (χ1n) is 6.48. The standard InChI is InChI=1S/C14H14FN5O/c1-19(6-7-21)13-10-8-18-20(14(10)17-9-16-13)12-5-3-2-4-11(12)15/h2-5,8-9,21H,6-7H2,1H3. The van der Waals surface area contributed by atoms with Crippen molar-refractivity contribution in [2.24, 2.45) is 0 Å². The number of hydrogen-bond donors (Lipinski definition) is 1. The Bertz CT molecular complexity index is 773. The lowest BCUT2D eigenvalue weighted by Crippen LogP contribution is -2.22. The average Bonchev–Trinajstić information content (AvgIpc) is 2.91. The topological polar surface area (TPSA) is 67.1 Å². The molecule has 21 heavy (non-hydrogen) atoms. The molecule has 0 aliphatic heterocycles. The summed E-state index contributed by atoms with van der Waals surface area (Å²) in [6.45, 7) is 0.459. The van der Waals surface area contributed by atoms with Crippen molar-refractivity contribution in [2.45, 2.75) is 0 Å². The molecule has 0 saturated carbocycles. The Balaban J connectivity index is 2.16. The zero-order valence-corrected chi connectivity index (χ0v) is 11.4. The molecule has 108 valence electrons. The van der Waals surface area contributed by atoms with E-state index in [-0.39, 0.29) is 12.4 Å². The van der Waals surface area contributed by atoms with Crippen molar-refractivity contribution in [3.63, 3.8) is 0 Å². The number of anilines is 1. The van der Waals surface area contributed by atoms with Crippen LogP contribution in [0.5, 0.6) is 0 Å². The van der Waals surface area contributed by atoms with Gasteiger partial charge in [0.25, 0.3) is 0 Å². The fraction of sp³-hybridized carbons (Fsp3) is 0.214. The Hall–Kier alpha value is -2.54. The molecule has 0 unspecified atom stereocenters. The Morgan fingerprint density at radius 3 is 2.86 bits per heavy atom. The van der Waals surface area contributed by atoms with Gasteiger partial charge in [-0.25, -0.2) is 19.0 Å². The molecule has 0 bridgehead atoms. The van der Waals surface area contributed by atoms with E-state index in [9.17, 15) is 4.39 Å². The summed E-state index contributed by atoms with van der Waals surface area (Å²) in [6.07, 6.45) is 3.01. The van der Waals surface area contributed by atoms with Gasteiger partial charge >= 0.3 is 0 Å². The van der Waals surface area contributed by atoms with Gasteiger partial charge in [0.05, 0.1) is 18.2 Å². The highest BCUT2D eigenvalue weighted by molar-refractivity contribution is 5.87. The van der Waals surface area contributed by atoms with Gasteiger partial charge in [-0.05, 0) is 12.1 Å². The van der Waals surface area contributed by atoms with Crippen LogP contribution < -0.4 is 4.90 Å². The number of aliphatic hydroxyl groups is 1. The van der Waals surface area contributed by atoms with Crippen molar-refractivity contribution in [1.29, 1.82) is 0 Å². The maximum atomic E-state index is 13.9. The molecule has 0 atom stereocenters. The van der Waals surface area contributed by atoms with Gasteiger partial charge in [0.1, 0.15) is 23.6 Å². The lowest BCUT2D eigenvalue weighted by Gasteiger charge is -2.16. The summed E-state index contributed by atoms with van der Waals surface area (Å²) >= 11 is 0. The van der Waals surface area contributed by atoms with E-state index in [0.717, 1.165) is 0 Å². The molecule has 0 radical (unpaired) electrons. The van der Waals surface area contributed by atoms with Crippen LogP contribution in [0.4, 0.5) is 10.2 Å². The molecular formula is C14H14FN5O. The molecule has 0 aliphatic rings. The molecule has 3 rings (SSSR count). The predicted octanol–water partition coefficient (Wildman–Crippen LogP) is 1.38. The molecule has 2 heterocycles. The monoisotopic (exact) mass is 287 g/mol. The number of para-hydroxylation sites is 1. The number of likely N-dealkylation sites (N-methyl/N-ethyl adjacent to an activating group) is 1. The molecule has 0 fully saturated rings. The van der Waals surface area contributed by atoms with Crippen LogP contribution in [0.25, 0.3) is 16.7 Å². The van der Waals surface area contributed by atoms with Gasteiger partial charge in [-0.2, -0.15) is 5.10 Å². The van der Waals surface area contributed by atoms with Gasteiger partial charge in [-0.1, -0.05) is 12.1 Å². The van der Waals surface area contributed by atoms with E-state index in [1.807, 2.05) is 7.05 Å². The van der Waals surface area contributed by atoms with Crippen LogP contribution in [0, 0.1) is 5.82 Å². The fourth-order valence-corrected chi connectivity index (χ4v) is 2.19. The summed E-state index contributed by atoms with van der Waals surface area (Å²) in [5.41, 5.74) is 0.858.